The average Bonchev–Trinajstić information content (AvgIpc) is 3.44. The number of pyridine rings is 1. The lowest BCUT2D eigenvalue weighted by molar-refractivity contribution is 0.0975. The summed E-state index contributed by atoms with van der Waals surface area (Å²) in [5.41, 5.74) is 5.13. The Morgan fingerprint density at radius 1 is 1.03 bits per heavy atom. The molecule has 0 spiro atoms. The number of hydrogen-bond donors (Lipinski definition) is 3. The van der Waals surface area contributed by atoms with Crippen molar-refractivity contribution in [2.45, 2.75) is 32.1 Å². The van der Waals surface area contributed by atoms with Crippen LogP contribution in [0.1, 0.15) is 51.6 Å². The molecule has 1 amide bonds. The van der Waals surface area contributed by atoms with Crippen molar-refractivity contribution in [3.63, 3.8) is 0 Å². The molecule has 3 N–H and O–H groups in total. The molecule has 0 aliphatic rings. The molecule has 2 aromatic carbocycles. The number of nitrogens with zero attached hydrogens (tertiary/aromatic N) is 3. The molecule has 4 aromatic rings. The Hall–Kier alpha value is -4.26. The number of aromatic amines is 1. The van der Waals surface area contributed by atoms with Crippen LogP contribution >= 0.6 is 0 Å². The van der Waals surface area contributed by atoms with Crippen LogP contribution in [0, 0.1) is 6.92 Å². The van der Waals surface area contributed by atoms with Gasteiger partial charge < -0.3 is 10.3 Å². The van der Waals surface area contributed by atoms with Crippen LogP contribution < -0.4 is 10.6 Å². The number of carbonyl (C=O) groups is 1. The number of guanidine groups is 1. The molecule has 0 aliphatic carbocycles. The molecule has 0 saturated heterocycles. The maximum Gasteiger partial charge on any atom is 0.257 e. The fourth-order valence-electron chi connectivity index (χ4n) is 3.99. The van der Waals surface area contributed by atoms with Gasteiger partial charge in [-0.1, -0.05) is 54.1 Å². The van der Waals surface area contributed by atoms with Crippen molar-refractivity contribution in [1.82, 2.24) is 25.6 Å². The second kappa shape index (κ2) is 13.0. The number of aliphatic imine (C=N–C) groups is 1. The molecule has 0 saturated carbocycles. The third-order valence-electron chi connectivity index (χ3n) is 5.95. The zero-order valence-electron chi connectivity index (χ0n) is 20.5. The summed E-state index contributed by atoms with van der Waals surface area (Å²) in [6, 6.07) is 23.8. The minimum Gasteiger partial charge on any atom is -0.356 e. The lowest BCUT2D eigenvalue weighted by Crippen LogP contribution is -2.42. The van der Waals surface area contributed by atoms with Gasteiger partial charge in [0.05, 0.1) is 6.33 Å². The molecule has 0 fully saturated rings. The zero-order chi connectivity index (χ0) is 25.0. The van der Waals surface area contributed by atoms with E-state index in [0.29, 0.717) is 24.6 Å². The van der Waals surface area contributed by atoms with Crippen molar-refractivity contribution in [3.8, 4) is 0 Å². The van der Waals surface area contributed by atoms with Gasteiger partial charge in [-0.25, -0.2) is 4.98 Å². The third kappa shape index (κ3) is 7.37. The van der Waals surface area contributed by atoms with E-state index in [0.717, 1.165) is 30.7 Å². The predicted molar refractivity (Wildman–Crippen MR) is 143 cm³/mol. The minimum absolute atomic E-state index is 0.130. The second-order valence-electron chi connectivity index (χ2n) is 8.66. The highest BCUT2D eigenvalue weighted by Gasteiger charge is 2.16. The van der Waals surface area contributed by atoms with Gasteiger partial charge in [0.2, 0.25) is 0 Å². The second-order valence-corrected chi connectivity index (χ2v) is 8.66. The minimum atomic E-state index is -0.185. The monoisotopic (exact) mass is 480 g/mol. The number of hydrogen-bond acceptors (Lipinski definition) is 4. The van der Waals surface area contributed by atoms with Crippen LogP contribution in [0.3, 0.4) is 0 Å². The first-order valence-corrected chi connectivity index (χ1v) is 12.3. The summed E-state index contributed by atoms with van der Waals surface area (Å²) in [6.07, 6.45) is 7.82. The van der Waals surface area contributed by atoms with E-state index in [4.69, 9.17) is 0 Å². The Morgan fingerprint density at radius 3 is 2.56 bits per heavy atom. The topological polar surface area (TPSA) is 95.1 Å². The number of aromatic nitrogens is 3. The molecule has 4 rings (SSSR count). The van der Waals surface area contributed by atoms with Crippen LogP contribution in [0.15, 0.2) is 96.5 Å². The van der Waals surface area contributed by atoms with E-state index in [1.807, 2.05) is 42.7 Å². The van der Waals surface area contributed by atoms with Gasteiger partial charge in [0.25, 0.3) is 5.91 Å². The Morgan fingerprint density at radius 2 is 1.83 bits per heavy atom. The summed E-state index contributed by atoms with van der Waals surface area (Å²) < 4.78 is 0. The smallest absolute Gasteiger partial charge is 0.257 e. The molecule has 0 bridgehead atoms. The number of aryl methyl sites for hydroxylation is 2. The Bertz CT molecular complexity index is 1220. The number of rotatable bonds is 10. The summed E-state index contributed by atoms with van der Waals surface area (Å²) in [4.78, 5) is 29.2. The van der Waals surface area contributed by atoms with Gasteiger partial charge >= 0.3 is 0 Å². The molecule has 1 unspecified atom stereocenters. The van der Waals surface area contributed by atoms with Crippen LogP contribution in [0.4, 0.5) is 0 Å². The van der Waals surface area contributed by atoms with E-state index in [1.54, 1.807) is 18.5 Å². The van der Waals surface area contributed by atoms with Crippen LogP contribution in [-0.4, -0.2) is 39.9 Å². The summed E-state index contributed by atoms with van der Waals surface area (Å²) in [7, 11) is 0. The molecule has 0 aliphatic heterocycles. The van der Waals surface area contributed by atoms with Gasteiger partial charge in [0.1, 0.15) is 0 Å². The molecule has 2 aromatic heterocycles. The maximum atomic E-state index is 12.8. The van der Waals surface area contributed by atoms with Crippen molar-refractivity contribution >= 4 is 11.9 Å². The lowest BCUT2D eigenvalue weighted by Gasteiger charge is -2.19. The fraction of sp³-hybridized carbons (Fsp3) is 0.241. The molecule has 0 radical (unpaired) electrons. The number of nitrogens with one attached hydrogen (secondary N) is 3. The van der Waals surface area contributed by atoms with E-state index < -0.39 is 0 Å². The molecule has 184 valence electrons. The first-order chi connectivity index (χ1) is 17.7. The van der Waals surface area contributed by atoms with E-state index in [9.17, 15) is 4.79 Å². The maximum absolute atomic E-state index is 12.8. The molecule has 7 heteroatoms. The number of amides is 1. The van der Waals surface area contributed by atoms with Crippen molar-refractivity contribution in [2.24, 2.45) is 4.99 Å². The van der Waals surface area contributed by atoms with Gasteiger partial charge in [-0.3, -0.25) is 20.1 Å². The third-order valence-corrected chi connectivity index (χ3v) is 5.95. The van der Waals surface area contributed by atoms with E-state index in [2.05, 4.69) is 67.8 Å². The Labute approximate surface area is 212 Å². The highest BCUT2D eigenvalue weighted by Crippen LogP contribution is 2.26. The number of imidazole rings is 1. The van der Waals surface area contributed by atoms with E-state index in [-0.39, 0.29) is 11.8 Å². The molecule has 1 atom stereocenters. The van der Waals surface area contributed by atoms with Crippen molar-refractivity contribution in [3.05, 3.63) is 120 Å². The van der Waals surface area contributed by atoms with Crippen LogP contribution in [0.2, 0.25) is 0 Å². The molecular formula is C29H32N6O. The summed E-state index contributed by atoms with van der Waals surface area (Å²) in [5, 5.41) is 6.32. The van der Waals surface area contributed by atoms with Crippen molar-refractivity contribution in [1.29, 1.82) is 0 Å². The molecule has 36 heavy (non-hydrogen) atoms. The van der Waals surface area contributed by atoms with Crippen molar-refractivity contribution in [2.75, 3.05) is 13.1 Å². The first kappa shape index (κ1) is 24.9. The van der Waals surface area contributed by atoms with Crippen LogP contribution in [-0.2, 0) is 6.42 Å². The van der Waals surface area contributed by atoms with E-state index in [1.165, 1.54) is 11.1 Å². The lowest BCUT2D eigenvalue weighted by atomic mass is 9.91. The van der Waals surface area contributed by atoms with Gasteiger partial charge in [0, 0.05) is 48.4 Å². The highest BCUT2D eigenvalue weighted by molar-refractivity contribution is 6.05. The molecule has 7 nitrogen and oxygen atoms in total. The fourth-order valence-corrected chi connectivity index (χ4v) is 3.99. The number of H-pyrrole nitrogens is 1. The Balaban J connectivity index is 1.43. The van der Waals surface area contributed by atoms with Crippen LogP contribution in [0.25, 0.3) is 0 Å². The first-order valence-electron chi connectivity index (χ1n) is 12.3. The van der Waals surface area contributed by atoms with Gasteiger partial charge in [-0.05, 0) is 56.0 Å². The number of benzene rings is 2. The van der Waals surface area contributed by atoms with E-state index >= 15 is 0 Å². The van der Waals surface area contributed by atoms with Crippen LogP contribution in [0.5, 0.6) is 0 Å². The normalized spacial score (nSPS) is 12.2. The summed E-state index contributed by atoms with van der Waals surface area (Å²) in [6.45, 7) is 3.30. The van der Waals surface area contributed by atoms with Gasteiger partial charge in [0.15, 0.2) is 5.96 Å². The SMILES string of the molecule is Cc1ccc(C(CCNC(=NCCCc2cnc[nH]2)NC(=O)c2ccccc2)c2ccccn2)cc1. The summed E-state index contributed by atoms with van der Waals surface area (Å²) in [5.74, 6) is 0.429. The highest BCUT2D eigenvalue weighted by atomic mass is 16.1. The Kier molecular flexibility index (Phi) is 8.97. The van der Waals surface area contributed by atoms with Gasteiger partial charge in [-0.15, -0.1) is 0 Å². The summed E-state index contributed by atoms with van der Waals surface area (Å²) >= 11 is 0. The van der Waals surface area contributed by atoms with Gasteiger partial charge in [-0.2, -0.15) is 0 Å². The van der Waals surface area contributed by atoms with Crippen molar-refractivity contribution < 1.29 is 4.79 Å². The zero-order valence-corrected chi connectivity index (χ0v) is 20.5. The largest absolute Gasteiger partial charge is 0.356 e. The molecular weight excluding hydrogens is 448 g/mol. The standard InChI is InChI=1S/C29H32N6O/c1-22-12-14-23(15-13-22)26(27-11-5-6-17-31-27)16-19-33-29(32-18-7-10-25-20-30-21-34-25)35-28(36)24-8-3-2-4-9-24/h2-6,8-9,11-15,17,20-21,26H,7,10,16,18-19H2,1H3,(H,30,34)(H2,32,33,35,36). The average molecular weight is 481 g/mol. The molecule has 2 heterocycles. The predicted octanol–water partition coefficient (Wildman–Crippen LogP) is 4.64. The number of carbonyl (C=O) groups excluding carboxylic acids is 1. The quantitative estimate of drug-likeness (QED) is 0.175.